The van der Waals surface area contributed by atoms with Crippen LogP contribution in [0.2, 0.25) is 0 Å². The summed E-state index contributed by atoms with van der Waals surface area (Å²) < 4.78 is 0. The van der Waals surface area contributed by atoms with Crippen molar-refractivity contribution < 1.29 is 19.5 Å². The molecule has 0 aliphatic heterocycles. The van der Waals surface area contributed by atoms with Crippen LogP contribution in [-0.4, -0.2) is 54.6 Å². The number of nitrogens with one attached hydrogen (secondary N) is 2. The van der Waals surface area contributed by atoms with Gasteiger partial charge in [-0.25, -0.2) is 4.79 Å². The summed E-state index contributed by atoms with van der Waals surface area (Å²) >= 11 is 0. The summed E-state index contributed by atoms with van der Waals surface area (Å²) in [7, 11) is 1.49. The van der Waals surface area contributed by atoms with Crippen LogP contribution in [0.5, 0.6) is 0 Å². The van der Waals surface area contributed by atoms with Gasteiger partial charge in [0.1, 0.15) is 6.54 Å². The van der Waals surface area contributed by atoms with E-state index in [-0.39, 0.29) is 19.0 Å². The van der Waals surface area contributed by atoms with Crippen molar-refractivity contribution in [3.8, 4) is 0 Å². The van der Waals surface area contributed by atoms with Crippen LogP contribution in [0.4, 0.5) is 4.79 Å². The van der Waals surface area contributed by atoms with Crippen molar-refractivity contribution in [3.05, 3.63) is 0 Å². The van der Waals surface area contributed by atoms with Crippen LogP contribution >= 0.6 is 0 Å². The maximum atomic E-state index is 11.7. The number of carboxylic acids is 1. The number of urea groups is 1. The van der Waals surface area contributed by atoms with Crippen LogP contribution in [-0.2, 0) is 9.59 Å². The zero-order chi connectivity index (χ0) is 15.7. The van der Waals surface area contributed by atoms with E-state index in [1.165, 1.54) is 11.9 Å². The molecular formula is C13H25N3O4. The van der Waals surface area contributed by atoms with Gasteiger partial charge in [-0.2, -0.15) is 0 Å². The molecule has 0 radical (unpaired) electrons. The summed E-state index contributed by atoms with van der Waals surface area (Å²) in [6, 6.07) is -0.454. The van der Waals surface area contributed by atoms with Crippen molar-refractivity contribution in [2.75, 3.05) is 26.7 Å². The van der Waals surface area contributed by atoms with Crippen molar-refractivity contribution in [2.45, 2.75) is 27.2 Å². The molecule has 0 spiro atoms. The minimum absolute atomic E-state index is 0.0532. The van der Waals surface area contributed by atoms with Crippen LogP contribution in [0.15, 0.2) is 0 Å². The molecule has 0 saturated heterocycles. The Hall–Kier alpha value is -1.79. The second kappa shape index (κ2) is 9.17. The van der Waals surface area contributed by atoms with E-state index in [9.17, 15) is 14.4 Å². The first-order valence-electron chi connectivity index (χ1n) is 6.76. The standard InChI is InChI=1S/C13H25N3O4/c1-5-10(12(18)19)7-15-13(20)16(4)8-11(17)14-6-9(2)3/h9-10H,5-8H2,1-4H3,(H,14,17)(H,15,20)(H,18,19). The second-order valence-corrected chi connectivity index (χ2v) is 5.18. The summed E-state index contributed by atoms with van der Waals surface area (Å²) in [5.74, 6) is -1.44. The Kier molecular flexibility index (Phi) is 8.35. The lowest BCUT2D eigenvalue weighted by atomic mass is 10.1. The van der Waals surface area contributed by atoms with E-state index >= 15 is 0 Å². The molecule has 0 aliphatic rings. The van der Waals surface area contributed by atoms with Crippen LogP contribution in [0.3, 0.4) is 0 Å². The van der Waals surface area contributed by atoms with Crippen LogP contribution in [0.1, 0.15) is 27.2 Å². The highest BCUT2D eigenvalue weighted by molar-refractivity contribution is 5.84. The van der Waals surface area contributed by atoms with Gasteiger partial charge in [-0.1, -0.05) is 20.8 Å². The van der Waals surface area contributed by atoms with Gasteiger partial charge >= 0.3 is 12.0 Å². The van der Waals surface area contributed by atoms with Crippen LogP contribution < -0.4 is 10.6 Å². The summed E-state index contributed by atoms with van der Waals surface area (Å²) in [6.45, 7) is 6.27. The fourth-order valence-electron chi connectivity index (χ4n) is 1.41. The largest absolute Gasteiger partial charge is 0.481 e. The number of carbonyl (C=O) groups excluding carboxylic acids is 2. The molecule has 3 N–H and O–H groups in total. The number of likely N-dealkylation sites (N-methyl/N-ethyl adjacent to an activating group) is 1. The minimum atomic E-state index is -0.940. The predicted octanol–water partition coefficient (Wildman–Crippen LogP) is 0.511. The Labute approximate surface area is 119 Å². The number of rotatable bonds is 8. The third kappa shape index (κ3) is 7.60. The van der Waals surface area contributed by atoms with Crippen LogP contribution in [0, 0.1) is 11.8 Å². The first-order valence-corrected chi connectivity index (χ1v) is 6.76. The van der Waals surface area contributed by atoms with Crippen LogP contribution in [0.25, 0.3) is 0 Å². The number of carboxylic acid groups (broad SMARTS) is 1. The first-order chi connectivity index (χ1) is 9.27. The first kappa shape index (κ1) is 18.2. The Morgan fingerprint density at radius 1 is 1.15 bits per heavy atom. The van der Waals surface area contributed by atoms with E-state index in [2.05, 4.69) is 10.6 Å². The molecule has 1 unspecified atom stereocenters. The van der Waals surface area contributed by atoms with Gasteiger partial charge in [0.15, 0.2) is 0 Å². The van der Waals surface area contributed by atoms with Crippen molar-refractivity contribution >= 4 is 17.9 Å². The Morgan fingerprint density at radius 3 is 2.20 bits per heavy atom. The molecule has 0 saturated carbocycles. The van der Waals surface area contributed by atoms with Gasteiger partial charge in [0.2, 0.25) is 5.91 Å². The molecule has 0 fully saturated rings. The summed E-state index contributed by atoms with van der Waals surface area (Å²) in [5, 5.41) is 14.1. The summed E-state index contributed by atoms with van der Waals surface area (Å²) in [5.41, 5.74) is 0. The molecule has 3 amide bonds. The van der Waals surface area contributed by atoms with Gasteiger partial charge in [0, 0.05) is 20.1 Å². The molecule has 7 heteroatoms. The second-order valence-electron chi connectivity index (χ2n) is 5.18. The normalized spacial score (nSPS) is 11.8. The van der Waals surface area contributed by atoms with E-state index < -0.39 is 17.9 Å². The predicted molar refractivity (Wildman–Crippen MR) is 75.3 cm³/mol. The van der Waals surface area contributed by atoms with Crippen molar-refractivity contribution in [2.24, 2.45) is 11.8 Å². The smallest absolute Gasteiger partial charge is 0.317 e. The number of hydrogen-bond donors (Lipinski definition) is 3. The molecule has 20 heavy (non-hydrogen) atoms. The summed E-state index contributed by atoms with van der Waals surface area (Å²) in [4.78, 5) is 35.3. The van der Waals surface area contributed by atoms with E-state index in [1.54, 1.807) is 6.92 Å². The highest BCUT2D eigenvalue weighted by Gasteiger charge is 2.18. The quantitative estimate of drug-likeness (QED) is 0.605. The fourth-order valence-corrected chi connectivity index (χ4v) is 1.41. The molecule has 116 valence electrons. The molecule has 0 rings (SSSR count). The molecule has 0 heterocycles. The Balaban J connectivity index is 4.09. The number of nitrogens with zero attached hydrogens (tertiary/aromatic N) is 1. The van der Waals surface area contributed by atoms with Gasteiger partial charge < -0.3 is 20.6 Å². The van der Waals surface area contributed by atoms with Crippen molar-refractivity contribution in [1.82, 2.24) is 15.5 Å². The maximum absolute atomic E-state index is 11.7. The van der Waals surface area contributed by atoms with Gasteiger partial charge in [-0.3, -0.25) is 9.59 Å². The Bertz CT molecular complexity index is 345. The lowest BCUT2D eigenvalue weighted by Gasteiger charge is -2.19. The monoisotopic (exact) mass is 287 g/mol. The number of aliphatic carboxylic acids is 1. The van der Waals surface area contributed by atoms with Crippen molar-refractivity contribution in [3.63, 3.8) is 0 Å². The van der Waals surface area contributed by atoms with Gasteiger partial charge in [-0.05, 0) is 12.3 Å². The van der Waals surface area contributed by atoms with E-state index in [1.807, 2.05) is 13.8 Å². The molecule has 7 nitrogen and oxygen atoms in total. The summed E-state index contributed by atoms with van der Waals surface area (Å²) in [6.07, 6.45) is 0.439. The molecule has 0 bridgehead atoms. The molecular weight excluding hydrogens is 262 g/mol. The zero-order valence-electron chi connectivity index (χ0n) is 12.6. The van der Waals surface area contributed by atoms with Gasteiger partial charge in [-0.15, -0.1) is 0 Å². The van der Waals surface area contributed by atoms with E-state index in [0.717, 1.165) is 0 Å². The zero-order valence-corrected chi connectivity index (χ0v) is 12.6. The SMILES string of the molecule is CCC(CNC(=O)N(C)CC(=O)NCC(C)C)C(=O)O. The molecule has 1 atom stereocenters. The van der Waals surface area contributed by atoms with Gasteiger partial charge in [0.25, 0.3) is 0 Å². The number of amides is 3. The third-order valence-electron chi connectivity index (χ3n) is 2.78. The van der Waals surface area contributed by atoms with Crippen molar-refractivity contribution in [1.29, 1.82) is 0 Å². The topological polar surface area (TPSA) is 98.7 Å². The van der Waals surface area contributed by atoms with Gasteiger partial charge in [0.05, 0.1) is 5.92 Å². The van der Waals surface area contributed by atoms with E-state index in [4.69, 9.17) is 5.11 Å². The average molecular weight is 287 g/mol. The maximum Gasteiger partial charge on any atom is 0.317 e. The third-order valence-corrected chi connectivity index (χ3v) is 2.78. The lowest BCUT2D eigenvalue weighted by molar-refractivity contribution is -0.141. The lowest BCUT2D eigenvalue weighted by Crippen LogP contribution is -2.45. The molecule has 0 aliphatic carbocycles. The molecule has 0 aromatic heterocycles. The highest BCUT2D eigenvalue weighted by Crippen LogP contribution is 2.00. The minimum Gasteiger partial charge on any atom is -0.481 e. The Morgan fingerprint density at radius 2 is 1.75 bits per heavy atom. The van der Waals surface area contributed by atoms with E-state index in [0.29, 0.717) is 18.9 Å². The highest BCUT2D eigenvalue weighted by atomic mass is 16.4. The average Bonchev–Trinajstić information content (AvgIpc) is 2.36. The molecule has 0 aromatic rings. The fraction of sp³-hybridized carbons (Fsp3) is 0.769. The number of hydrogen-bond acceptors (Lipinski definition) is 3. The molecule has 0 aromatic carbocycles. The number of carbonyl (C=O) groups is 3.